The average Bonchev–Trinajstić information content (AvgIpc) is 2.51. The van der Waals surface area contributed by atoms with Crippen molar-refractivity contribution in [2.75, 3.05) is 45.8 Å². The van der Waals surface area contributed by atoms with E-state index >= 15 is 0 Å². The number of fused-ring (bicyclic) bond motifs is 1. The van der Waals surface area contributed by atoms with Crippen LogP contribution < -0.4 is 4.90 Å². The second-order valence-electron chi connectivity index (χ2n) is 5.19. The second-order valence-corrected chi connectivity index (χ2v) is 5.19. The Kier molecular flexibility index (Phi) is 5.38. The van der Waals surface area contributed by atoms with Crippen LogP contribution in [0.4, 0.5) is 14.6 Å². The number of likely N-dealkylation sites (N-methyl/N-ethyl adjacent to an activating group) is 1. The van der Waals surface area contributed by atoms with Crippen LogP contribution in [0.25, 0.3) is 11.0 Å². The third kappa shape index (κ3) is 4.10. The van der Waals surface area contributed by atoms with Gasteiger partial charge in [-0.05, 0) is 0 Å². The van der Waals surface area contributed by atoms with E-state index in [4.69, 9.17) is 4.74 Å². The predicted molar refractivity (Wildman–Crippen MR) is 82.2 cm³/mol. The molecule has 0 spiro atoms. The Balaban J connectivity index is 2.35. The minimum absolute atomic E-state index is 0.0836. The van der Waals surface area contributed by atoms with Crippen LogP contribution in [0.2, 0.25) is 0 Å². The maximum atomic E-state index is 13.4. The van der Waals surface area contributed by atoms with Crippen molar-refractivity contribution in [3.05, 3.63) is 30.0 Å². The molecule has 0 unspecified atom stereocenters. The minimum Gasteiger partial charge on any atom is -0.383 e. The maximum absolute atomic E-state index is 13.4. The summed E-state index contributed by atoms with van der Waals surface area (Å²) in [7, 11) is 4.86. The van der Waals surface area contributed by atoms with E-state index in [1.807, 2.05) is 0 Å². The highest BCUT2D eigenvalue weighted by atomic mass is 19.2. The molecule has 0 saturated carbocycles. The van der Waals surface area contributed by atoms with E-state index in [-0.39, 0.29) is 23.5 Å². The van der Waals surface area contributed by atoms with Crippen LogP contribution in [0, 0.1) is 11.6 Å². The van der Waals surface area contributed by atoms with E-state index in [0.717, 1.165) is 12.1 Å². The van der Waals surface area contributed by atoms with Gasteiger partial charge in [0, 0.05) is 39.9 Å². The van der Waals surface area contributed by atoms with Crippen molar-refractivity contribution in [2.45, 2.75) is 0 Å². The summed E-state index contributed by atoms with van der Waals surface area (Å²) in [6.07, 6.45) is 1.43. The van der Waals surface area contributed by atoms with Crippen LogP contribution in [-0.2, 0) is 9.53 Å². The lowest BCUT2D eigenvalue weighted by Crippen LogP contribution is -2.38. The lowest BCUT2D eigenvalue weighted by molar-refractivity contribution is -0.127. The molecular formula is C15H18F2N4O2. The number of hydrogen-bond acceptors (Lipinski definition) is 5. The molecule has 0 aliphatic carbocycles. The lowest BCUT2D eigenvalue weighted by atomic mass is 10.3. The van der Waals surface area contributed by atoms with Gasteiger partial charge in [0.1, 0.15) is 5.82 Å². The molecule has 0 N–H and O–H groups in total. The van der Waals surface area contributed by atoms with Crippen molar-refractivity contribution in [3.63, 3.8) is 0 Å². The van der Waals surface area contributed by atoms with Gasteiger partial charge in [0.2, 0.25) is 5.91 Å². The molecule has 0 aliphatic heterocycles. The van der Waals surface area contributed by atoms with E-state index in [9.17, 15) is 13.6 Å². The Labute approximate surface area is 132 Å². The van der Waals surface area contributed by atoms with Crippen LogP contribution in [0.3, 0.4) is 0 Å². The first-order valence-corrected chi connectivity index (χ1v) is 6.98. The van der Waals surface area contributed by atoms with Crippen molar-refractivity contribution in [3.8, 4) is 0 Å². The van der Waals surface area contributed by atoms with Crippen LogP contribution in [0.5, 0.6) is 0 Å². The van der Waals surface area contributed by atoms with Gasteiger partial charge in [0.05, 0.1) is 30.4 Å². The summed E-state index contributed by atoms with van der Waals surface area (Å²) in [4.78, 5) is 23.4. The highest BCUT2D eigenvalue weighted by molar-refractivity contribution is 5.81. The Morgan fingerprint density at radius 1 is 1.22 bits per heavy atom. The number of anilines is 1. The first kappa shape index (κ1) is 17.0. The Morgan fingerprint density at radius 3 is 2.48 bits per heavy atom. The number of carbonyl (C=O) groups is 1. The van der Waals surface area contributed by atoms with Gasteiger partial charge in [0.25, 0.3) is 0 Å². The fraction of sp³-hybridized carbons (Fsp3) is 0.400. The molecular weight excluding hydrogens is 306 g/mol. The molecule has 0 atom stereocenters. The molecule has 1 heterocycles. The molecule has 0 fully saturated rings. The van der Waals surface area contributed by atoms with Crippen LogP contribution in [0.15, 0.2) is 18.3 Å². The smallest absolute Gasteiger partial charge is 0.241 e. The zero-order chi connectivity index (χ0) is 17.0. The number of aromatic nitrogens is 2. The summed E-state index contributed by atoms with van der Waals surface area (Å²) < 4.78 is 31.6. The molecule has 8 heteroatoms. The normalized spacial score (nSPS) is 10.8. The molecule has 1 aromatic carbocycles. The predicted octanol–water partition coefficient (Wildman–Crippen LogP) is 1.45. The first-order chi connectivity index (χ1) is 10.9. The summed E-state index contributed by atoms with van der Waals surface area (Å²) >= 11 is 0. The zero-order valence-corrected chi connectivity index (χ0v) is 13.2. The van der Waals surface area contributed by atoms with Crippen molar-refractivity contribution >= 4 is 22.8 Å². The molecule has 0 saturated heterocycles. The van der Waals surface area contributed by atoms with Crippen molar-refractivity contribution < 1.29 is 18.3 Å². The Bertz CT molecular complexity index is 709. The van der Waals surface area contributed by atoms with Crippen molar-refractivity contribution in [2.24, 2.45) is 0 Å². The molecule has 6 nitrogen and oxygen atoms in total. The van der Waals surface area contributed by atoms with E-state index in [1.165, 1.54) is 11.1 Å². The Hall–Kier alpha value is -2.35. The quantitative estimate of drug-likeness (QED) is 0.805. The van der Waals surface area contributed by atoms with Crippen LogP contribution in [0.1, 0.15) is 0 Å². The van der Waals surface area contributed by atoms with Gasteiger partial charge in [-0.15, -0.1) is 0 Å². The SMILES string of the molecule is COCCN(CC(=O)N(C)C)c1cnc2cc(F)c(F)cc2n1. The summed E-state index contributed by atoms with van der Waals surface area (Å²) in [5.41, 5.74) is 0.472. The molecule has 1 aromatic heterocycles. The molecule has 124 valence electrons. The topological polar surface area (TPSA) is 58.6 Å². The number of ether oxygens (including phenoxy) is 1. The molecule has 23 heavy (non-hydrogen) atoms. The first-order valence-electron chi connectivity index (χ1n) is 6.98. The van der Waals surface area contributed by atoms with Gasteiger partial charge in [0.15, 0.2) is 11.6 Å². The number of hydrogen-bond donors (Lipinski definition) is 0. The molecule has 2 aromatic rings. The van der Waals surface area contributed by atoms with Gasteiger partial charge in [-0.3, -0.25) is 9.78 Å². The lowest BCUT2D eigenvalue weighted by Gasteiger charge is -2.24. The largest absolute Gasteiger partial charge is 0.383 e. The standard InChI is InChI=1S/C15H18F2N4O2/c1-20(2)15(22)9-21(4-5-23-3)14-8-18-12-6-10(16)11(17)7-13(12)19-14/h6-8H,4-5,9H2,1-3H3. The summed E-state index contributed by atoms with van der Waals surface area (Å²) in [6, 6.07) is 1.98. The van der Waals surface area contributed by atoms with Gasteiger partial charge < -0.3 is 14.5 Å². The van der Waals surface area contributed by atoms with E-state index < -0.39 is 11.6 Å². The molecule has 1 amide bonds. The molecule has 0 aliphatic rings. The minimum atomic E-state index is -0.989. The number of nitrogens with zero attached hydrogens (tertiary/aromatic N) is 4. The number of benzene rings is 1. The highest BCUT2D eigenvalue weighted by Gasteiger charge is 2.16. The highest BCUT2D eigenvalue weighted by Crippen LogP contribution is 2.18. The average molecular weight is 324 g/mol. The van der Waals surface area contributed by atoms with Crippen molar-refractivity contribution in [1.29, 1.82) is 0 Å². The maximum Gasteiger partial charge on any atom is 0.241 e. The van der Waals surface area contributed by atoms with Gasteiger partial charge in [-0.1, -0.05) is 0 Å². The number of amides is 1. The number of methoxy groups -OCH3 is 1. The second kappa shape index (κ2) is 7.28. The molecule has 0 radical (unpaired) electrons. The van der Waals surface area contributed by atoms with Gasteiger partial charge in [-0.2, -0.15) is 0 Å². The Morgan fingerprint density at radius 2 is 1.87 bits per heavy atom. The summed E-state index contributed by atoms with van der Waals surface area (Å²) in [5, 5.41) is 0. The van der Waals surface area contributed by atoms with E-state index in [0.29, 0.717) is 19.0 Å². The number of rotatable bonds is 6. The molecule has 0 bridgehead atoms. The van der Waals surface area contributed by atoms with Gasteiger partial charge in [-0.25, -0.2) is 13.8 Å². The zero-order valence-electron chi connectivity index (χ0n) is 13.2. The summed E-state index contributed by atoms with van der Waals surface area (Å²) in [6.45, 7) is 0.887. The van der Waals surface area contributed by atoms with E-state index in [1.54, 1.807) is 26.1 Å². The fourth-order valence-electron chi connectivity index (χ4n) is 1.93. The summed E-state index contributed by atoms with van der Waals surface area (Å²) in [5.74, 6) is -1.68. The number of carbonyl (C=O) groups excluding carboxylic acids is 1. The van der Waals surface area contributed by atoms with Crippen molar-refractivity contribution in [1.82, 2.24) is 14.9 Å². The third-order valence-electron chi connectivity index (χ3n) is 3.29. The van der Waals surface area contributed by atoms with Gasteiger partial charge >= 0.3 is 0 Å². The molecule has 2 rings (SSSR count). The third-order valence-corrected chi connectivity index (χ3v) is 3.29. The van der Waals surface area contributed by atoms with Crippen LogP contribution >= 0.6 is 0 Å². The number of halogens is 2. The fourth-order valence-corrected chi connectivity index (χ4v) is 1.93. The van der Waals surface area contributed by atoms with E-state index in [2.05, 4.69) is 9.97 Å². The van der Waals surface area contributed by atoms with Crippen LogP contribution in [-0.4, -0.2) is 61.7 Å². The monoisotopic (exact) mass is 324 g/mol.